The number of hydrogen-bond acceptors (Lipinski definition) is 4. The van der Waals surface area contributed by atoms with E-state index in [0.717, 1.165) is 37.0 Å². The van der Waals surface area contributed by atoms with Crippen molar-refractivity contribution in [3.8, 4) is 0 Å². The van der Waals surface area contributed by atoms with E-state index in [4.69, 9.17) is 4.42 Å². The van der Waals surface area contributed by atoms with Crippen molar-refractivity contribution in [3.63, 3.8) is 0 Å². The van der Waals surface area contributed by atoms with Gasteiger partial charge in [0.05, 0.1) is 5.92 Å². The minimum atomic E-state index is -0.786. The van der Waals surface area contributed by atoms with E-state index in [1.165, 1.54) is 6.39 Å². The molecule has 1 N–H and O–H groups in total. The van der Waals surface area contributed by atoms with Gasteiger partial charge in [-0.3, -0.25) is 4.79 Å². The predicted octanol–water partition coefficient (Wildman–Crippen LogP) is 2.09. The quantitative estimate of drug-likeness (QED) is 0.911. The molecular formula is C14H16N2O3. The molecule has 0 bridgehead atoms. The van der Waals surface area contributed by atoms with E-state index in [0.29, 0.717) is 12.1 Å². The van der Waals surface area contributed by atoms with Gasteiger partial charge in [-0.1, -0.05) is 6.07 Å². The fourth-order valence-electron chi connectivity index (χ4n) is 2.64. The molecule has 5 heteroatoms. The number of rotatable bonds is 4. The van der Waals surface area contributed by atoms with Crippen LogP contribution >= 0.6 is 0 Å². The lowest BCUT2D eigenvalue weighted by atomic mass is 9.98. The lowest BCUT2D eigenvalue weighted by molar-refractivity contribution is -0.139. The Labute approximate surface area is 110 Å². The Morgan fingerprint density at radius 2 is 2.21 bits per heavy atom. The Morgan fingerprint density at radius 1 is 1.42 bits per heavy atom. The minimum absolute atomic E-state index is 0.507. The zero-order valence-corrected chi connectivity index (χ0v) is 10.6. The summed E-state index contributed by atoms with van der Waals surface area (Å²) in [7, 11) is 0. The van der Waals surface area contributed by atoms with Crippen molar-refractivity contribution < 1.29 is 14.3 Å². The molecule has 0 radical (unpaired) electrons. The molecule has 1 aromatic carbocycles. The van der Waals surface area contributed by atoms with Crippen molar-refractivity contribution in [2.45, 2.75) is 18.8 Å². The standard InChI is InChI=1S/C14H16N2O3/c17-14(18)11(8-16-5-1-2-6-16)10-3-4-12-13(7-10)19-9-15-12/h3-4,7,9,11H,1-2,5-6,8H2,(H,17,18). The van der Waals surface area contributed by atoms with Crippen LogP contribution in [-0.4, -0.2) is 40.6 Å². The monoisotopic (exact) mass is 260 g/mol. The van der Waals surface area contributed by atoms with Crippen LogP contribution < -0.4 is 0 Å². The lowest BCUT2D eigenvalue weighted by Gasteiger charge is -2.20. The number of benzene rings is 1. The number of carbonyl (C=O) groups is 1. The van der Waals surface area contributed by atoms with Gasteiger partial charge in [0.25, 0.3) is 0 Å². The first-order valence-corrected chi connectivity index (χ1v) is 6.52. The van der Waals surface area contributed by atoms with Gasteiger partial charge in [0.1, 0.15) is 5.52 Å². The number of carboxylic acid groups (broad SMARTS) is 1. The maximum Gasteiger partial charge on any atom is 0.312 e. The summed E-state index contributed by atoms with van der Waals surface area (Å²) in [4.78, 5) is 17.7. The lowest BCUT2D eigenvalue weighted by Crippen LogP contribution is -2.29. The third kappa shape index (κ3) is 2.46. The van der Waals surface area contributed by atoms with E-state index in [1.807, 2.05) is 12.1 Å². The molecule has 0 amide bonds. The number of aliphatic carboxylic acids is 1. The number of hydrogen-bond donors (Lipinski definition) is 1. The summed E-state index contributed by atoms with van der Waals surface area (Å²) >= 11 is 0. The van der Waals surface area contributed by atoms with Crippen molar-refractivity contribution in [2.24, 2.45) is 0 Å². The van der Waals surface area contributed by atoms with Gasteiger partial charge in [-0.2, -0.15) is 0 Å². The summed E-state index contributed by atoms with van der Waals surface area (Å²) in [5.74, 6) is -1.29. The van der Waals surface area contributed by atoms with E-state index in [1.54, 1.807) is 6.07 Å². The summed E-state index contributed by atoms with van der Waals surface area (Å²) in [5, 5.41) is 9.44. The highest BCUT2D eigenvalue weighted by Crippen LogP contribution is 2.24. The molecule has 100 valence electrons. The predicted molar refractivity (Wildman–Crippen MR) is 70.1 cm³/mol. The van der Waals surface area contributed by atoms with Crippen LogP contribution in [0.3, 0.4) is 0 Å². The van der Waals surface area contributed by atoms with Crippen molar-refractivity contribution in [3.05, 3.63) is 30.2 Å². The second-order valence-electron chi connectivity index (χ2n) is 4.98. The van der Waals surface area contributed by atoms with Gasteiger partial charge in [-0.05, 0) is 43.6 Å². The second-order valence-corrected chi connectivity index (χ2v) is 4.98. The first kappa shape index (κ1) is 12.2. The normalized spacial score (nSPS) is 17.9. The summed E-state index contributed by atoms with van der Waals surface area (Å²) in [6, 6.07) is 5.44. The van der Waals surface area contributed by atoms with Crippen LogP contribution in [-0.2, 0) is 4.79 Å². The van der Waals surface area contributed by atoms with Crippen LogP contribution in [0.5, 0.6) is 0 Å². The van der Waals surface area contributed by atoms with Gasteiger partial charge < -0.3 is 14.4 Å². The van der Waals surface area contributed by atoms with Crippen LogP contribution in [0.1, 0.15) is 24.3 Å². The SMILES string of the molecule is O=C(O)C(CN1CCCC1)c1ccc2ncoc2c1. The van der Waals surface area contributed by atoms with Crippen LogP contribution in [0.15, 0.2) is 29.0 Å². The topological polar surface area (TPSA) is 66.6 Å². The molecule has 1 aliphatic heterocycles. The summed E-state index contributed by atoms with van der Waals surface area (Å²) in [6.45, 7) is 2.55. The second kappa shape index (κ2) is 5.01. The maximum absolute atomic E-state index is 11.5. The third-order valence-electron chi connectivity index (χ3n) is 3.70. The first-order chi connectivity index (χ1) is 9.24. The van der Waals surface area contributed by atoms with Crippen LogP contribution in [0.4, 0.5) is 0 Å². The summed E-state index contributed by atoms with van der Waals surface area (Å²) in [5.41, 5.74) is 2.18. The highest BCUT2D eigenvalue weighted by molar-refractivity contribution is 5.80. The van der Waals surface area contributed by atoms with Crippen molar-refractivity contribution in [1.82, 2.24) is 9.88 Å². The van der Waals surface area contributed by atoms with E-state index >= 15 is 0 Å². The largest absolute Gasteiger partial charge is 0.481 e. The molecule has 3 rings (SSSR count). The molecule has 0 saturated carbocycles. The van der Waals surface area contributed by atoms with Gasteiger partial charge in [-0.15, -0.1) is 0 Å². The molecule has 1 fully saturated rings. The average Bonchev–Trinajstić information content (AvgIpc) is 3.05. The maximum atomic E-state index is 11.5. The Kier molecular flexibility index (Phi) is 3.21. The molecule has 0 spiro atoms. The molecule has 2 heterocycles. The molecule has 2 aromatic rings. The molecule has 5 nitrogen and oxygen atoms in total. The highest BCUT2D eigenvalue weighted by atomic mass is 16.4. The van der Waals surface area contributed by atoms with Crippen molar-refractivity contribution >= 4 is 17.1 Å². The number of aromatic nitrogens is 1. The highest BCUT2D eigenvalue weighted by Gasteiger charge is 2.25. The number of likely N-dealkylation sites (tertiary alicyclic amines) is 1. The zero-order valence-electron chi connectivity index (χ0n) is 10.6. The van der Waals surface area contributed by atoms with Gasteiger partial charge >= 0.3 is 5.97 Å². The molecule has 1 unspecified atom stereocenters. The van der Waals surface area contributed by atoms with Crippen molar-refractivity contribution in [2.75, 3.05) is 19.6 Å². The summed E-state index contributed by atoms with van der Waals surface area (Å²) < 4.78 is 5.24. The molecule has 1 atom stereocenters. The fraction of sp³-hybridized carbons (Fsp3) is 0.429. The zero-order chi connectivity index (χ0) is 13.2. The number of carboxylic acids is 1. The minimum Gasteiger partial charge on any atom is -0.481 e. The third-order valence-corrected chi connectivity index (χ3v) is 3.70. The van der Waals surface area contributed by atoms with E-state index in [9.17, 15) is 9.90 Å². The van der Waals surface area contributed by atoms with Gasteiger partial charge in [0, 0.05) is 6.54 Å². The Bertz CT molecular complexity index is 587. The molecule has 1 aliphatic rings. The Morgan fingerprint density at radius 3 is 2.95 bits per heavy atom. The van der Waals surface area contributed by atoms with Crippen molar-refractivity contribution in [1.29, 1.82) is 0 Å². The van der Waals surface area contributed by atoms with E-state index in [-0.39, 0.29) is 0 Å². The average molecular weight is 260 g/mol. The number of oxazole rings is 1. The van der Waals surface area contributed by atoms with Crippen LogP contribution in [0.25, 0.3) is 11.1 Å². The van der Waals surface area contributed by atoms with Crippen LogP contribution in [0, 0.1) is 0 Å². The van der Waals surface area contributed by atoms with E-state index in [2.05, 4.69) is 9.88 Å². The van der Waals surface area contributed by atoms with Gasteiger partial charge in [-0.25, -0.2) is 4.98 Å². The van der Waals surface area contributed by atoms with E-state index < -0.39 is 11.9 Å². The number of nitrogens with zero attached hydrogens (tertiary/aromatic N) is 2. The van der Waals surface area contributed by atoms with Gasteiger partial charge in [0.2, 0.25) is 0 Å². The fourth-order valence-corrected chi connectivity index (χ4v) is 2.64. The van der Waals surface area contributed by atoms with Crippen LogP contribution in [0.2, 0.25) is 0 Å². The smallest absolute Gasteiger partial charge is 0.312 e. The molecular weight excluding hydrogens is 244 g/mol. The Hall–Kier alpha value is -1.88. The number of fused-ring (bicyclic) bond motifs is 1. The first-order valence-electron chi connectivity index (χ1n) is 6.52. The van der Waals surface area contributed by atoms with Gasteiger partial charge in [0.15, 0.2) is 12.0 Å². The molecule has 1 saturated heterocycles. The molecule has 0 aliphatic carbocycles. The Balaban J connectivity index is 1.87. The molecule has 19 heavy (non-hydrogen) atoms. The summed E-state index contributed by atoms with van der Waals surface area (Å²) in [6.07, 6.45) is 3.70. The molecule has 1 aromatic heterocycles.